The van der Waals surface area contributed by atoms with Crippen LogP contribution in [0.2, 0.25) is 0 Å². The van der Waals surface area contributed by atoms with Gasteiger partial charge in [0.05, 0.1) is 11.5 Å². The third kappa shape index (κ3) is 6.33. The maximum Gasteiger partial charge on any atom is 0.220 e. The van der Waals surface area contributed by atoms with Gasteiger partial charge in [-0.2, -0.15) is 0 Å². The zero-order valence-electron chi connectivity index (χ0n) is 7.91. The van der Waals surface area contributed by atoms with Gasteiger partial charge >= 0.3 is 0 Å². The molecule has 0 bridgehead atoms. The number of amides is 1. The number of nitrogens with one attached hydrogen (secondary N) is 1. The largest absolute Gasteiger partial charge is 0.359 e. The van der Waals surface area contributed by atoms with Crippen LogP contribution < -0.4 is 5.32 Å². The minimum absolute atomic E-state index is 0.0144. The fourth-order valence-electron chi connectivity index (χ4n) is 0.699. The molecule has 0 aromatic heterocycles. The van der Waals surface area contributed by atoms with E-state index < -0.39 is 9.84 Å². The van der Waals surface area contributed by atoms with Crippen molar-refractivity contribution in [3.63, 3.8) is 0 Å². The predicted molar refractivity (Wildman–Crippen MR) is 52.2 cm³/mol. The molecule has 0 atom stereocenters. The summed E-state index contributed by atoms with van der Waals surface area (Å²) < 4.78 is 22.4. The highest BCUT2D eigenvalue weighted by molar-refractivity contribution is 7.91. The van der Waals surface area contributed by atoms with Crippen molar-refractivity contribution < 1.29 is 13.2 Å². The fraction of sp³-hybridized carbons (Fsp3) is 0.625. The summed E-state index contributed by atoms with van der Waals surface area (Å²) in [6, 6.07) is 0. The highest BCUT2D eigenvalue weighted by atomic mass is 32.2. The van der Waals surface area contributed by atoms with Gasteiger partial charge < -0.3 is 5.32 Å². The second kappa shape index (κ2) is 5.75. The zero-order chi connectivity index (χ0) is 10.3. The van der Waals surface area contributed by atoms with E-state index >= 15 is 0 Å². The molecule has 0 heterocycles. The molecule has 0 fully saturated rings. The number of carbonyl (C=O) groups excluding carboxylic acids is 1. The number of sulfone groups is 1. The molecule has 5 heteroatoms. The van der Waals surface area contributed by atoms with E-state index in [9.17, 15) is 13.2 Å². The lowest BCUT2D eigenvalue weighted by Crippen LogP contribution is -2.22. The first-order valence-electron chi connectivity index (χ1n) is 4.04. The standard InChI is InChI=1S/C8H15NO3S/c1-3-4-6-13(11,12)7-5-8(10)9-2/h3-4H,5-7H2,1-2H3,(H,9,10)/b4-3+. The van der Waals surface area contributed by atoms with E-state index in [4.69, 9.17) is 0 Å². The van der Waals surface area contributed by atoms with Crippen LogP contribution in [0.25, 0.3) is 0 Å². The van der Waals surface area contributed by atoms with E-state index in [1.54, 1.807) is 19.1 Å². The Bertz CT molecular complexity index is 280. The lowest BCUT2D eigenvalue weighted by atomic mass is 10.5. The molecule has 1 amide bonds. The molecule has 0 aromatic rings. The van der Waals surface area contributed by atoms with Crippen LogP contribution in [0.15, 0.2) is 12.2 Å². The highest BCUT2D eigenvalue weighted by Gasteiger charge is 2.10. The SMILES string of the molecule is C/C=C/CS(=O)(=O)CCC(=O)NC. The summed E-state index contributed by atoms with van der Waals surface area (Å²) in [5.74, 6) is -0.318. The Labute approximate surface area is 78.9 Å². The Morgan fingerprint density at radius 3 is 2.54 bits per heavy atom. The summed E-state index contributed by atoms with van der Waals surface area (Å²) in [7, 11) is -1.61. The molecule has 76 valence electrons. The second-order valence-electron chi connectivity index (χ2n) is 2.61. The van der Waals surface area contributed by atoms with Crippen LogP contribution in [-0.2, 0) is 14.6 Å². The quantitative estimate of drug-likeness (QED) is 0.648. The Hall–Kier alpha value is -0.840. The van der Waals surface area contributed by atoms with Crippen LogP contribution in [0, 0.1) is 0 Å². The lowest BCUT2D eigenvalue weighted by Gasteiger charge is -2.00. The molecular weight excluding hydrogens is 190 g/mol. The Morgan fingerprint density at radius 1 is 1.46 bits per heavy atom. The van der Waals surface area contributed by atoms with Gasteiger partial charge in [-0.1, -0.05) is 12.2 Å². The van der Waals surface area contributed by atoms with E-state index in [1.807, 2.05) is 0 Å². The van der Waals surface area contributed by atoms with Gasteiger partial charge in [0.15, 0.2) is 9.84 Å². The molecule has 0 aliphatic rings. The van der Waals surface area contributed by atoms with Crippen molar-refractivity contribution in [2.45, 2.75) is 13.3 Å². The van der Waals surface area contributed by atoms with E-state index in [1.165, 1.54) is 7.05 Å². The molecule has 0 aromatic carbocycles. The fourth-order valence-corrected chi connectivity index (χ4v) is 1.85. The van der Waals surface area contributed by atoms with Crippen LogP contribution >= 0.6 is 0 Å². The van der Waals surface area contributed by atoms with Gasteiger partial charge in [0.2, 0.25) is 5.91 Å². The summed E-state index contributed by atoms with van der Waals surface area (Å²) in [5.41, 5.74) is 0. The first-order valence-corrected chi connectivity index (χ1v) is 5.86. The van der Waals surface area contributed by atoms with E-state index in [0.29, 0.717) is 0 Å². The Balaban J connectivity index is 3.97. The molecule has 0 saturated carbocycles. The van der Waals surface area contributed by atoms with Crippen LogP contribution in [0.1, 0.15) is 13.3 Å². The number of hydrogen-bond donors (Lipinski definition) is 1. The van der Waals surface area contributed by atoms with E-state index in [-0.39, 0.29) is 23.8 Å². The van der Waals surface area contributed by atoms with Crippen LogP contribution in [-0.4, -0.2) is 32.9 Å². The van der Waals surface area contributed by atoms with Gasteiger partial charge in [0, 0.05) is 13.5 Å². The number of carbonyl (C=O) groups is 1. The molecule has 13 heavy (non-hydrogen) atoms. The van der Waals surface area contributed by atoms with Crippen LogP contribution in [0.5, 0.6) is 0 Å². The average molecular weight is 205 g/mol. The van der Waals surface area contributed by atoms with Gasteiger partial charge in [-0.25, -0.2) is 8.42 Å². The molecular formula is C8H15NO3S. The van der Waals surface area contributed by atoms with Crippen molar-refractivity contribution in [1.82, 2.24) is 5.32 Å². The van der Waals surface area contributed by atoms with Crippen molar-refractivity contribution in [2.75, 3.05) is 18.6 Å². The lowest BCUT2D eigenvalue weighted by molar-refractivity contribution is -0.120. The molecule has 1 N–H and O–H groups in total. The summed E-state index contributed by atoms with van der Waals surface area (Å²) >= 11 is 0. The summed E-state index contributed by atoms with van der Waals surface area (Å²) in [5, 5.41) is 2.37. The third-order valence-corrected chi connectivity index (χ3v) is 3.03. The van der Waals surface area contributed by atoms with Gasteiger partial charge in [0.25, 0.3) is 0 Å². The maximum atomic E-state index is 11.2. The molecule has 0 saturated heterocycles. The first kappa shape index (κ1) is 12.2. The monoisotopic (exact) mass is 205 g/mol. The van der Waals surface area contributed by atoms with Gasteiger partial charge in [-0.3, -0.25) is 4.79 Å². The first-order chi connectivity index (χ1) is 6.02. The smallest absolute Gasteiger partial charge is 0.220 e. The minimum atomic E-state index is -3.10. The van der Waals surface area contributed by atoms with E-state index in [2.05, 4.69) is 5.32 Å². The molecule has 0 radical (unpaired) electrons. The van der Waals surface area contributed by atoms with Gasteiger partial charge in [-0.05, 0) is 6.92 Å². The number of rotatable bonds is 5. The molecule has 0 aliphatic heterocycles. The average Bonchev–Trinajstić information content (AvgIpc) is 2.11. The van der Waals surface area contributed by atoms with Crippen molar-refractivity contribution >= 4 is 15.7 Å². The third-order valence-electron chi connectivity index (χ3n) is 1.50. The normalized spacial score (nSPS) is 11.8. The Morgan fingerprint density at radius 2 is 2.08 bits per heavy atom. The van der Waals surface area contributed by atoms with Gasteiger partial charge in [-0.15, -0.1) is 0 Å². The molecule has 0 unspecified atom stereocenters. The number of hydrogen-bond acceptors (Lipinski definition) is 3. The molecule has 0 aliphatic carbocycles. The minimum Gasteiger partial charge on any atom is -0.359 e. The molecule has 0 rings (SSSR count). The summed E-state index contributed by atoms with van der Waals surface area (Å²) in [6.07, 6.45) is 3.28. The number of allylic oxidation sites excluding steroid dienone is 1. The second-order valence-corrected chi connectivity index (χ2v) is 4.84. The highest BCUT2D eigenvalue weighted by Crippen LogP contribution is 1.94. The van der Waals surface area contributed by atoms with Crippen LogP contribution in [0.3, 0.4) is 0 Å². The molecule has 0 spiro atoms. The zero-order valence-corrected chi connectivity index (χ0v) is 8.73. The summed E-state index contributed by atoms with van der Waals surface area (Å²) in [6.45, 7) is 1.76. The van der Waals surface area contributed by atoms with Crippen molar-refractivity contribution in [3.05, 3.63) is 12.2 Å². The Kier molecular flexibility index (Phi) is 5.37. The van der Waals surface area contributed by atoms with Gasteiger partial charge in [0.1, 0.15) is 0 Å². The topological polar surface area (TPSA) is 63.2 Å². The maximum absolute atomic E-state index is 11.2. The van der Waals surface area contributed by atoms with Crippen molar-refractivity contribution in [1.29, 1.82) is 0 Å². The van der Waals surface area contributed by atoms with Crippen molar-refractivity contribution in [3.8, 4) is 0 Å². The summed E-state index contributed by atoms with van der Waals surface area (Å²) in [4.78, 5) is 10.7. The predicted octanol–water partition coefficient (Wildman–Crippen LogP) is 0.113. The molecule has 4 nitrogen and oxygen atoms in total. The van der Waals surface area contributed by atoms with Crippen LogP contribution in [0.4, 0.5) is 0 Å². The van der Waals surface area contributed by atoms with E-state index in [0.717, 1.165) is 0 Å². The van der Waals surface area contributed by atoms with Crippen molar-refractivity contribution in [2.24, 2.45) is 0 Å².